The van der Waals surface area contributed by atoms with E-state index < -0.39 is 0 Å². The number of hydrogen-bond acceptors (Lipinski definition) is 4. The van der Waals surface area contributed by atoms with Gasteiger partial charge in [0, 0.05) is 25.2 Å². The molecule has 0 saturated carbocycles. The predicted octanol–water partition coefficient (Wildman–Crippen LogP) is 3.67. The second-order valence-corrected chi connectivity index (χ2v) is 7.04. The molecule has 0 aliphatic carbocycles. The van der Waals surface area contributed by atoms with Crippen LogP contribution in [-0.2, 0) is 6.42 Å². The lowest BCUT2D eigenvalue weighted by Gasteiger charge is -2.36. The van der Waals surface area contributed by atoms with E-state index in [9.17, 15) is 9.18 Å². The van der Waals surface area contributed by atoms with Crippen LogP contribution >= 0.6 is 0 Å². The topological polar surface area (TPSA) is 58.1 Å². The van der Waals surface area contributed by atoms with Crippen molar-refractivity contribution in [2.75, 3.05) is 18.0 Å². The molecule has 5 nitrogen and oxygen atoms in total. The molecule has 1 aromatic carbocycles. The molecule has 1 aliphatic heterocycles. The molecule has 0 bridgehead atoms. The van der Waals surface area contributed by atoms with Gasteiger partial charge in [-0.1, -0.05) is 19.1 Å². The molecular weight excluding hydrogens is 343 g/mol. The highest BCUT2D eigenvalue weighted by molar-refractivity contribution is 5.93. The average Bonchev–Trinajstić information content (AvgIpc) is 2.69. The first-order chi connectivity index (χ1) is 13.1. The first-order valence-electron chi connectivity index (χ1n) is 9.71. The number of rotatable bonds is 6. The van der Waals surface area contributed by atoms with Gasteiger partial charge >= 0.3 is 0 Å². The summed E-state index contributed by atoms with van der Waals surface area (Å²) in [5, 5.41) is 2.90. The van der Waals surface area contributed by atoms with Gasteiger partial charge in [-0.05, 0) is 56.7 Å². The summed E-state index contributed by atoms with van der Waals surface area (Å²) in [6, 6.07) is 8.60. The van der Waals surface area contributed by atoms with Crippen molar-refractivity contribution < 1.29 is 9.18 Å². The minimum absolute atomic E-state index is 0.200. The Hall–Kier alpha value is -2.50. The molecule has 1 unspecified atom stereocenters. The van der Waals surface area contributed by atoms with Crippen LogP contribution in [0.5, 0.6) is 0 Å². The van der Waals surface area contributed by atoms with E-state index in [4.69, 9.17) is 0 Å². The maximum Gasteiger partial charge on any atom is 0.270 e. The Morgan fingerprint density at radius 3 is 2.78 bits per heavy atom. The summed E-state index contributed by atoms with van der Waals surface area (Å²) in [6.45, 7) is 5.47. The van der Waals surface area contributed by atoms with Gasteiger partial charge in [-0.25, -0.2) is 14.4 Å². The molecule has 1 aromatic heterocycles. The molecule has 6 heteroatoms. The fourth-order valence-electron chi connectivity index (χ4n) is 3.60. The van der Waals surface area contributed by atoms with Crippen LogP contribution in [0, 0.1) is 12.7 Å². The zero-order valence-electron chi connectivity index (χ0n) is 16.0. The van der Waals surface area contributed by atoms with E-state index in [1.165, 1.54) is 25.0 Å². The summed E-state index contributed by atoms with van der Waals surface area (Å²) in [7, 11) is 0. The summed E-state index contributed by atoms with van der Waals surface area (Å²) < 4.78 is 13.0. The Morgan fingerprint density at radius 2 is 2.04 bits per heavy atom. The number of hydrogen-bond donors (Lipinski definition) is 1. The van der Waals surface area contributed by atoms with Crippen LogP contribution in [0.25, 0.3) is 0 Å². The van der Waals surface area contributed by atoms with Gasteiger partial charge in [-0.15, -0.1) is 0 Å². The van der Waals surface area contributed by atoms with Crippen LogP contribution in [0.3, 0.4) is 0 Å². The van der Waals surface area contributed by atoms with Gasteiger partial charge in [0.1, 0.15) is 23.2 Å². The number of anilines is 1. The van der Waals surface area contributed by atoms with Gasteiger partial charge in [0.15, 0.2) is 0 Å². The highest BCUT2D eigenvalue weighted by atomic mass is 19.1. The van der Waals surface area contributed by atoms with Crippen molar-refractivity contribution in [1.29, 1.82) is 0 Å². The van der Waals surface area contributed by atoms with Gasteiger partial charge in [0.2, 0.25) is 0 Å². The fourth-order valence-corrected chi connectivity index (χ4v) is 3.60. The predicted molar refractivity (Wildman–Crippen MR) is 104 cm³/mol. The molecule has 1 aliphatic rings. The van der Waals surface area contributed by atoms with Crippen LogP contribution < -0.4 is 10.2 Å². The molecule has 1 amide bonds. The van der Waals surface area contributed by atoms with Crippen molar-refractivity contribution in [1.82, 2.24) is 15.3 Å². The summed E-state index contributed by atoms with van der Waals surface area (Å²) >= 11 is 0. The number of aromatic nitrogens is 2. The maximum absolute atomic E-state index is 13.0. The Balaban J connectivity index is 1.65. The number of nitrogens with one attached hydrogen (secondary N) is 1. The van der Waals surface area contributed by atoms with Gasteiger partial charge in [-0.3, -0.25) is 4.79 Å². The lowest BCUT2D eigenvalue weighted by atomic mass is 10.00. The summed E-state index contributed by atoms with van der Waals surface area (Å²) in [5.74, 6) is 0.998. The molecule has 0 radical (unpaired) electrons. The molecule has 1 fully saturated rings. The van der Waals surface area contributed by atoms with Crippen LogP contribution in [0.2, 0.25) is 0 Å². The zero-order chi connectivity index (χ0) is 19.2. The van der Waals surface area contributed by atoms with Gasteiger partial charge in [-0.2, -0.15) is 0 Å². The second kappa shape index (κ2) is 8.93. The number of halogens is 1. The molecule has 27 heavy (non-hydrogen) atoms. The first-order valence-corrected chi connectivity index (χ1v) is 9.71. The molecule has 2 heterocycles. The Morgan fingerprint density at radius 1 is 1.26 bits per heavy atom. The van der Waals surface area contributed by atoms with E-state index >= 15 is 0 Å². The average molecular weight is 370 g/mol. The fraction of sp³-hybridized carbons (Fsp3) is 0.476. The first kappa shape index (κ1) is 19.3. The number of nitrogens with zero attached hydrogens (tertiary/aromatic N) is 3. The largest absolute Gasteiger partial charge is 0.354 e. The molecule has 144 valence electrons. The Labute approximate surface area is 160 Å². The summed E-state index contributed by atoms with van der Waals surface area (Å²) in [4.78, 5) is 23.8. The molecule has 1 N–H and O–H groups in total. The monoisotopic (exact) mass is 370 g/mol. The van der Waals surface area contributed by atoms with E-state index in [1.54, 1.807) is 18.2 Å². The van der Waals surface area contributed by atoms with E-state index in [-0.39, 0.29) is 11.7 Å². The van der Waals surface area contributed by atoms with Gasteiger partial charge in [0.25, 0.3) is 5.91 Å². The number of aryl methyl sites for hydroxylation is 1. The number of benzene rings is 1. The number of amides is 1. The molecule has 1 saturated heterocycles. The van der Waals surface area contributed by atoms with E-state index in [2.05, 4.69) is 27.1 Å². The van der Waals surface area contributed by atoms with Crippen molar-refractivity contribution in [2.45, 2.75) is 52.0 Å². The highest BCUT2D eigenvalue weighted by Crippen LogP contribution is 2.25. The lowest BCUT2D eigenvalue weighted by Crippen LogP contribution is -2.40. The lowest BCUT2D eigenvalue weighted by molar-refractivity contribution is 0.0948. The van der Waals surface area contributed by atoms with Crippen molar-refractivity contribution in [2.24, 2.45) is 0 Å². The summed E-state index contributed by atoms with van der Waals surface area (Å²) in [5.41, 5.74) is 1.38. The van der Waals surface area contributed by atoms with Crippen LogP contribution in [-0.4, -0.2) is 35.0 Å². The van der Waals surface area contributed by atoms with E-state index in [0.717, 1.165) is 30.8 Å². The molecular formula is C21H27FN4O. The third-order valence-corrected chi connectivity index (χ3v) is 5.06. The van der Waals surface area contributed by atoms with Crippen LogP contribution in [0.4, 0.5) is 10.2 Å². The van der Waals surface area contributed by atoms with Crippen molar-refractivity contribution >= 4 is 11.7 Å². The van der Waals surface area contributed by atoms with E-state index in [1.807, 2.05) is 6.92 Å². The second-order valence-electron chi connectivity index (χ2n) is 7.04. The normalized spacial score (nSPS) is 17.0. The Kier molecular flexibility index (Phi) is 6.37. The number of piperidine rings is 1. The van der Waals surface area contributed by atoms with Crippen LogP contribution in [0.1, 0.15) is 54.5 Å². The highest BCUT2D eigenvalue weighted by Gasteiger charge is 2.23. The third kappa shape index (κ3) is 5.02. The molecule has 3 rings (SSSR count). The third-order valence-electron chi connectivity index (χ3n) is 5.06. The molecule has 1 atom stereocenters. The zero-order valence-corrected chi connectivity index (χ0v) is 16.0. The quantitative estimate of drug-likeness (QED) is 0.843. The van der Waals surface area contributed by atoms with Crippen molar-refractivity contribution in [3.8, 4) is 0 Å². The van der Waals surface area contributed by atoms with Crippen molar-refractivity contribution in [3.63, 3.8) is 0 Å². The van der Waals surface area contributed by atoms with E-state index in [0.29, 0.717) is 30.5 Å². The number of carbonyl (C=O) groups is 1. The summed E-state index contributed by atoms with van der Waals surface area (Å²) in [6.07, 6.45) is 5.28. The molecule has 2 aromatic rings. The Bertz CT molecular complexity index is 778. The molecule has 0 spiro atoms. The standard InChI is InChI=1S/C21H27FN4O/c1-3-18-6-4-5-13-26(18)20-14-19(24-15(2)25-20)21(27)23-12-11-16-7-9-17(22)10-8-16/h7-10,14,18H,3-6,11-13H2,1-2H3,(H,23,27). The number of carbonyl (C=O) groups excluding carboxylic acids is 1. The SMILES string of the molecule is CCC1CCCCN1c1cc(C(=O)NCCc2ccc(F)cc2)nc(C)n1. The maximum atomic E-state index is 13.0. The van der Waals surface area contributed by atoms with Gasteiger partial charge in [0.05, 0.1) is 0 Å². The minimum atomic E-state index is -0.255. The minimum Gasteiger partial charge on any atom is -0.354 e. The van der Waals surface area contributed by atoms with Crippen LogP contribution in [0.15, 0.2) is 30.3 Å². The van der Waals surface area contributed by atoms with Crippen molar-refractivity contribution in [3.05, 3.63) is 53.2 Å². The smallest absolute Gasteiger partial charge is 0.270 e. The van der Waals surface area contributed by atoms with Gasteiger partial charge < -0.3 is 10.2 Å².